The summed E-state index contributed by atoms with van der Waals surface area (Å²) in [5.41, 5.74) is 1.88. The minimum absolute atomic E-state index is 0.221. The fraction of sp³-hybridized carbons (Fsp3) is 0.364. The van der Waals surface area contributed by atoms with Crippen LogP contribution in [0.3, 0.4) is 0 Å². The van der Waals surface area contributed by atoms with E-state index in [-0.39, 0.29) is 5.75 Å². The van der Waals surface area contributed by atoms with E-state index >= 15 is 0 Å². The maximum atomic E-state index is 9.68. The lowest BCUT2D eigenvalue weighted by Gasteiger charge is -2.25. The van der Waals surface area contributed by atoms with Gasteiger partial charge in [-0.3, -0.25) is 0 Å². The summed E-state index contributed by atoms with van der Waals surface area (Å²) in [5.74, 6) is 0.965. The number of aliphatic hydroxyl groups excluding tert-OH is 1. The molecule has 2 aliphatic rings. The summed E-state index contributed by atoms with van der Waals surface area (Å²) in [6, 6.07) is 5.20. The number of benzene rings is 1. The fourth-order valence-electron chi connectivity index (χ4n) is 2.16. The highest BCUT2D eigenvalue weighted by atomic mass is 16.3. The Morgan fingerprint density at radius 2 is 2.27 bits per heavy atom. The molecule has 2 aliphatic heterocycles. The van der Waals surface area contributed by atoms with Crippen LogP contribution in [-0.2, 0) is 6.54 Å². The Hall–Kier alpha value is -1.55. The summed E-state index contributed by atoms with van der Waals surface area (Å²) >= 11 is 0. The maximum absolute atomic E-state index is 9.68. The molecule has 0 spiro atoms. The quantitative estimate of drug-likeness (QED) is 0.663. The van der Waals surface area contributed by atoms with Gasteiger partial charge in [-0.15, -0.1) is 0 Å². The molecule has 1 aromatic carbocycles. The second-order valence-corrected chi connectivity index (χ2v) is 4.01. The Kier molecular flexibility index (Phi) is 1.73. The molecule has 0 unspecified atom stereocenters. The number of nitrogens with zero attached hydrogens (tertiary/aromatic N) is 2. The molecule has 78 valence electrons. The molecule has 0 aliphatic carbocycles. The number of rotatable bonds is 0. The molecule has 2 heterocycles. The Labute approximate surface area is 87.5 Å². The lowest BCUT2D eigenvalue weighted by Crippen LogP contribution is -2.31. The Bertz CT molecular complexity index is 442. The highest BCUT2D eigenvalue weighted by Crippen LogP contribution is 2.32. The van der Waals surface area contributed by atoms with E-state index in [0.717, 1.165) is 36.6 Å². The standard InChI is InChI=1S/C11H12N2O2/c14-8-2-1-7-6-13-4-3-10(15)11(13)12-9(7)5-8/h1-2,5,10,14-15H,3-4,6H2/t10-/m1/s1. The predicted octanol–water partition coefficient (Wildman–Crippen LogP) is 1.00. The molecular formula is C11H12N2O2. The number of hydrogen-bond acceptors (Lipinski definition) is 4. The van der Waals surface area contributed by atoms with E-state index in [0.29, 0.717) is 0 Å². The predicted molar refractivity (Wildman–Crippen MR) is 56.2 cm³/mol. The number of aromatic hydroxyl groups is 1. The van der Waals surface area contributed by atoms with Crippen molar-refractivity contribution in [3.05, 3.63) is 23.8 Å². The summed E-state index contributed by atoms with van der Waals surface area (Å²) < 4.78 is 0. The zero-order valence-corrected chi connectivity index (χ0v) is 8.22. The average molecular weight is 204 g/mol. The van der Waals surface area contributed by atoms with Gasteiger partial charge < -0.3 is 15.1 Å². The van der Waals surface area contributed by atoms with Gasteiger partial charge in [-0.25, -0.2) is 4.99 Å². The third-order valence-electron chi connectivity index (χ3n) is 2.96. The minimum atomic E-state index is -0.444. The second kappa shape index (κ2) is 2.97. The van der Waals surface area contributed by atoms with Gasteiger partial charge in [-0.2, -0.15) is 0 Å². The van der Waals surface area contributed by atoms with E-state index < -0.39 is 6.10 Å². The Morgan fingerprint density at radius 1 is 1.40 bits per heavy atom. The van der Waals surface area contributed by atoms with Gasteiger partial charge in [-0.05, 0) is 18.1 Å². The molecule has 0 amide bonds. The molecule has 15 heavy (non-hydrogen) atoms. The van der Waals surface area contributed by atoms with Crippen molar-refractivity contribution >= 4 is 11.5 Å². The number of phenolic OH excluding ortho intramolecular Hbond substituents is 1. The second-order valence-electron chi connectivity index (χ2n) is 4.01. The van der Waals surface area contributed by atoms with Crippen LogP contribution in [0.5, 0.6) is 5.75 Å². The third kappa shape index (κ3) is 1.29. The molecule has 0 bridgehead atoms. The summed E-state index contributed by atoms with van der Waals surface area (Å²) in [6.45, 7) is 1.64. The molecule has 0 aromatic heterocycles. The summed E-state index contributed by atoms with van der Waals surface area (Å²) in [4.78, 5) is 6.47. The van der Waals surface area contributed by atoms with Crippen LogP contribution in [0, 0.1) is 0 Å². The Balaban J connectivity index is 2.09. The Morgan fingerprint density at radius 3 is 3.13 bits per heavy atom. The summed E-state index contributed by atoms with van der Waals surface area (Å²) in [6.07, 6.45) is 0.305. The van der Waals surface area contributed by atoms with E-state index in [1.54, 1.807) is 12.1 Å². The van der Waals surface area contributed by atoms with Gasteiger partial charge in [0.25, 0.3) is 0 Å². The largest absolute Gasteiger partial charge is 0.508 e. The van der Waals surface area contributed by atoms with Crippen molar-refractivity contribution in [1.29, 1.82) is 0 Å². The van der Waals surface area contributed by atoms with Gasteiger partial charge in [0, 0.05) is 19.2 Å². The first kappa shape index (κ1) is 8.73. The molecule has 1 aromatic rings. The van der Waals surface area contributed by atoms with Gasteiger partial charge in [0.1, 0.15) is 17.7 Å². The molecule has 2 N–H and O–H groups in total. The zero-order valence-electron chi connectivity index (χ0n) is 8.22. The zero-order chi connectivity index (χ0) is 10.4. The number of aliphatic hydroxyl groups is 1. The normalized spacial score (nSPS) is 23.4. The van der Waals surface area contributed by atoms with Crippen molar-refractivity contribution < 1.29 is 10.2 Å². The molecule has 4 nitrogen and oxygen atoms in total. The van der Waals surface area contributed by atoms with E-state index in [1.165, 1.54) is 0 Å². The number of aliphatic imine (C=N–C) groups is 1. The van der Waals surface area contributed by atoms with Gasteiger partial charge in [0.15, 0.2) is 0 Å². The molecule has 0 radical (unpaired) electrons. The highest BCUT2D eigenvalue weighted by Gasteiger charge is 2.31. The average Bonchev–Trinajstić information content (AvgIpc) is 2.57. The van der Waals surface area contributed by atoms with Gasteiger partial charge in [0.2, 0.25) is 0 Å². The van der Waals surface area contributed by atoms with Gasteiger partial charge in [0.05, 0.1) is 5.69 Å². The van der Waals surface area contributed by atoms with E-state index in [9.17, 15) is 10.2 Å². The number of fused-ring (bicyclic) bond motifs is 2. The van der Waals surface area contributed by atoms with E-state index in [1.807, 2.05) is 6.07 Å². The van der Waals surface area contributed by atoms with Crippen molar-refractivity contribution in [2.24, 2.45) is 4.99 Å². The lowest BCUT2D eigenvalue weighted by molar-refractivity contribution is 0.245. The first-order valence-electron chi connectivity index (χ1n) is 5.07. The SMILES string of the molecule is Oc1ccc2c(c1)N=C1[C@H](O)CCN1C2. The molecular weight excluding hydrogens is 192 g/mol. The third-order valence-corrected chi connectivity index (χ3v) is 2.96. The van der Waals surface area contributed by atoms with Crippen molar-refractivity contribution in [1.82, 2.24) is 4.90 Å². The summed E-state index contributed by atoms with van der Waals surface area (Å²) in [7, 11) is 0. The number of phenols is 1. The maximum Gasteiger partial charge on any atom is 0.134 e. The van der Waals surface area contributed by atoms with Crippen LogP contribution in [0.2, 0.25) is 0 Å². The number of amidine groups is 1. The van der Waals surface area contributed by atoms with Crippen molar-refractivity contribution in [3.63, 3.8) is 0 Å². The van der Waals surface area contributed by atoms with Crippen molar-refractivity contribution in [2.75, 3.05) is 6.54 Å². The first-order valence-corrected chi connectivity index (χ1v) is 5.07. The monoisotopic (exact) mass is 204 g/mol. The van der Waals surface area contributed by atoms with E-state index in [2.05, 4.69) is 9.89 Å². The summed E-state index contributed by atoms with van der Waals surface area (Å²) in [5, 5.41) is 19.0. The van der Waals surface area contributed by atoms with Crippen LogP contribution in [0.15, 0.2) is 23.2 Å². The first-order chi connectivity index (χ1) is 7.24. The molecule has 1 atom stereocenters. The van der Waals surface area contributed by atoms with Crippen LogP contribution in [-0.4, -0.2) is 33.6 Å². The van der Waals surface area contributed by atoms with Crippen LogP contribution in [0.25, 0.3) is 0 Å². The molecule has 3 rings (SSSR count). The molecule has 1 fully saturated rings. The molecule has 0 saturated carbocycles. The van der Waals surface area contributed by atoms with Gasteiger partial charge in [-0.1, -0.05) is 6.07 Å². The number of hydrogen-bond donors (Lipinski definition) is 2. The van der Waals surface area contributed by atoms with Crippen molar-refractivity contribution in [2.45, 2.75) is 19.1 Å². The van der Waals surface area contributed by atoms with E-state index in [4.69, 9.17) is 0 Å². The smallest absolute Gasteiger partial charge is 0.134 e. The molecule has 1 saturated heterocycles. The van der Waals surface area contributed by atoms with Crippen LogP contribution >= 0.6 is 0 Å². The lowest BCUT2D eigenvalue weighted by atomic mass is 10.1. The molecule has 4 heteroatoms. The fourth-order valence-corrected chi connectivity index (χ4v) is 2.16. The van der Waals surface area contributed by atoms with Crippen molar-refractivity contribution in [3.8, 4) is 5.75 Å². The van der Waals surface area contributed by atoms with Gasteiger partial charge >= 0.3 is 0 Å². The topological polar surface area (TPSA) is 56.1 Å². The highest BCUT2D eigenvalue weighted by molar-refractivity contribution is 5.92. The minimum Gasteiger partial charge on any atom is -0.508 e. The van der Waals surface area contributed by atoms with Crippen LogP contribution in [0.1, 0.15) is 12.0 Å². The van der Waals surface area contributed by atoms with Crippen LogP contribution < -0.4 is 0 Å². The van der Waals surface area contributed by atoms with Crippen LogP contribution in [0.4, 0.5) is 5.69 Å².